The molecule has 0 aliphatic rings. The molecule has 21 heavy (non-hydrogen) atoms. The van der Waals surface area contributed by atoms with Crippen molar-refractivity contribution in [2.24, 2.45) is 0 Å². The van der Waals surface area contributed by atoms with E-state index in [4.69, 9.17) is 0 Å². The van der Waals surface area contributed by atoms with Gasteiger partial charge in [-0.25, -0.2) is 0 Å². The van der Waals surface area contributed by atoms with Gasteiger partial charge in [-0.15, -0.1) is 24.5 Å². The first-order chi connectivity index (χ1) is 10.2. The van der Waals surface area contributed by atoms with Crippen molar-refractivity contribution in [1.29, 1.82) is 0 Å². The van der Waals surface area contributed by atoms with Crippen LogP contribution in [0.3, 0.4) is 0 Å². The summed E-state index contributed by atoms with van der Waals surface area (Å²) in [5, 5.41) is 1.21. The third-order valence-electron chi connectivity index (χ3n) is 3.38. The molecule has 0 radical (unpaired) electrons. The number of thiophene rings is 1. The van der Waals surface area contributed by atoms with Crippen molar-refractivity contribution in [3.63, 3.8) is 0 Å². The summed E-state index contributed by atoms with van der Waals surface area (Å²) in [6, 6.07) is 8.25. The summed E-state index contributed by atoms with van der Waals surface area (Å²) in [6.45, 7) is 10.7. The van der Waals surface area contributed by atoms with Crippen molar-refractivity contribution in [3.05, 3.63) is 60.0 Å². The normalized spacial score (nSPS) is 10.5. The van der Waals surface area contributed by atoms with Gasteiger partial charge in [-0.2, -0.15) is 0 Å². The highest BCUT2D eigenvalue weighted by atomic mass is 32.1. The van der Waals surface area contributed by atoms with Gasteiger partial charge in [-0.05, 0) is 23.4 Å². The van der Waals surface area contributed by atoms with Gasteiger partial charge >= 0.3 is 0 Å². The monoisotopic (exact) mass is 299 g/mol. The van der Waals surface area contributed by atoms with E-state index in [0.29, 0.717) is 13.1 Å². The predicted octanol–water partition coefficient (Wildman–Crippen LogP) is 4.67. The second-order valence-corrected chi connectivity index (χ2v) is 6.00. The van der Waals surface area contributed by atoms with E-state index < -0.39 is 0 Å². The first-order valence-corrected chi connectivity index (χ1v) is 8.06. The van der Waals surface area contributed by atoms with Crippen LogP contribution in [0.2, 0.25) is 0 Å². The Morgan fingerprint density at radius 1 is 1.24 bits per heavy atom. The molecule has 0 aliphatic heterocycles. The van der Waals surface area contributed by atoms with E-state index in [9.17, 15) is 4.79 Å². The van der Waals surface area contributed by atoms with Crippen LogP contribution < -0.4 is 0 Å². The number of carbonyl (C=O) groups excluding carboxylic acids is 1. The van der Waals surface area contributed by atoms with Crippen molar-refractivity contribution in [2.75, 3.05) is 13.1 Å². The Balaban J connectivity index is 2.48. The van der Waals surface area contributed by atoms with Gasteiger partial charge in [0.05, 0.1) is 4.88 Å². The standard InChI is InChI=1S/C18H21NOS/c1-4-9-15-14-10-7-8-11-16(14)21-17(15)18(20)19(12-5-2)13-6-3/h5-8,10-11H,2-4,9,12-13H2,1H3. The highest BCUT2D eigenvalue weighted by Crippen LogP contribution is 2.33. The Bertz CT molecular complexity index is 646. The molecule has 0 aliphatic carbocycles. The molecule has 1 heterocycles. The molecule has 0 unspecified atom stereocenters. The number of hydrogen-bond acceptors (Lipinski definition) is 2. The lowest BCUT2D eigenvalue weighted by Gasteiger charge is -2.19. The summed E-state index contributed by atoms with van der Waals surface area (Å²) >= 11 is 1.59. The van der Waals surface area contributed by atoms with Crippen LogP contribution in [0.1, 0.15) is 28.6 Å². The molecule has 0 spiro atoms. The van der Waals surface area contributed by atoms with Crippen LogP contribution in [-0.4, -0.2) is 23.9 Å². The SMILES string of the molecule is C=CCN(CC=C)C(=O)c1sc2ccccc2c1CCC. The van der Waals surface area contributed by atoms with Crippen LogP contribution in [0.15, 0.2) is 49.6 Å². The van der Waals surface area contributed by atoms with Crippen molar-refractivity contribution in [3.8, 4) is 0 Å². The Hall–Kier alpha value is -1.87. The topological polar surface area (TPSA) is 20.3 Å². The van der Waals surface area contributed by atoms with Crippen LogP contribution in [0.25, 0.3) is 10.1 Å². The van der Waals surface area contributed by atoms with Crippen molar-refractivity contribution < 1.29 is 4.79 Å². The Morgan fingerprint density at radius 2 is 1.90 bits per heavy atom. The van der Waals surface area contributed by atoms with Gasteiger partial charge < -0.3 is 4.90 Å². The van der Waals surface area contributed by atoms with E-state index in [0.717, 1.165) is 17.7 Å². The summed E-state index contributed by atoms with van der Waals surface area (Å²) in [5.74, 6) is 0.0828. The first kappa shape index (κ1) is 15.5. The van der Waals surface area contributed by atoms with Crippen molar-refractivity contribution >= 4 is 27.3 Å². The molecule has 1 amide bonds. The molecule has 3 heteroatoms. The molecular weight excluding hydrogens is 278 g/mol. The Labute approximate surface area is 130 Å². The average molecular weight is 299 g/mol. The zero-order valence-electron chi connectivity index (χ0n) is 12.5. The fourth-order valence-corrected chi connectivity index (χ4v) is 3.68. The van der Waals surface area contributed by atoms with E-state index >= 15 is 0 Å². The van der Waals surface area contributed by atoms with E-state index in [-0.39, 0.29) is 5.91 Å². The molecule has 0 bridgehead atoms. The smallest absolute Gasteiger partial charge is 0.264 e. The molecular formula is C18H21NOS. The van der Waals surface area contributed by atoms with E-state index in [1.54, 1.807) is 28.4 Å². The molecule has 0 atom stereocenters. The minimum Gasteiger partial charge on any atom is -0.331 e. The third-order valence-corrected chi connectivity index (χ3v) is 4.58. The largest absolute Gasteiger partial charge is 0.331 e. The molecule has 110 valence electrons. The summed E-state index contributed by atoms with van der Waals surface area (Å²) in [5.41, 5.74) is 1.18. The zero-order chi connectivity index (χ0) is 15.2. The van der Waals surface area contributed by atoms with E-state index in [1.165, 1.54) is 15.6 Å². The molecule has 0 N–H and O–H groups in total. The number of rotatable bonds is 7. The molecule has 1 aromatic carbocycles. The van der Waals surface area contributed by atoms with Crippen LogP contribution in [0.5, 0.6) is 0 Å². The summed E-state index contributed by atoms with van der Waals surface area (Å²) in [7, 11) is 0. The minimum absolute atomic E-state index is 0.0828. The van der Waals surface area contributed by atoms with Crippen LogP contribution in [-0.2, 0) is 6.42 Å². The van der Waals surface area contributed by atoms with Crippen LogP contribution in [0.4, 0.5) is 0 Å². The maximum Gasteiger partial charge on any atom is 0.264 e. The van der Waals surface area contributed by atoms with Crippen LogP contribution >= 0.6 is 11.3 Å². The van der Waals surface area contributed by atoms with Gasteiger partial charge in [-0.1, -0.05) is 43.7 Å². The van der Waals surface area contributed by atoms with E-state index in [2.05, 4.69) is 32.2 Å². The lowest BCUT2D eigenvalue weighted by Crippen LogP contribution is -2.31. The van der Waals surface area contributed by atoms with Gasteiger partial charge in [0.25, 0.3) is 5.91 Å². The fourth-order valence-electron chi connectivity index (χ4n) is 2.47. The summed E-state index contributed by atoms with van der Waals surface area (Å²) in [4.78, 5) is 15.5. The third kappa shape index (κ3) is 3.24. The molecule has 0 saturated heterocycles. The van der Waals surface area contributed by atoms with Crippen molar-refractivity contribution in [1.82, 2.24) is 4.90 Å². The summed E-state index contributed by atoms with van der Waals surface area (Å²) in [6.07, 6.45) is 5.48. The number of fused-ring (bicyclic) bond motifs is 1. The predicted molar refractivity (Wildman–Crippen MR) is 92.1 cm³/mol. The first-order valence-electron chi connectivity index (χ1n) is 7.24. The van der Waals surface area contributed by atoms with Gasteiger partial charge in [0.15, 0.2) is 0 Å². The molecule has 2 rings (SSSR count). The quantitative estimate of drug-likeness (QED) is 0.680. The Morgan fingerprint density at radius 3 is 2.52 bits per heavy atom. The van der Waals surface area contributed by atoms with Gasteiger partial charge in [-0.3, -0.25) is 4.79 Å². The zero-order valence-corrected chi connectivity index (χ0v) is 13.3. The molecule has 1 aromatic heterocycles. The number of hydrogen-bond donors (Lipinski definition) is 0. The number of amides is 1. The lowest BCUT2D eigenvalue weighted by atomic mass is 10.1. The second-order valence-electron chi connectivity index (χ2n) is 4.94. The number of nitrogens with zero attached hydrogens (tertiary/aromatic N) is 1. The molecule has 2 aromatic rings. The van der Waals surface area contributed by atoms with Gasteiger partial charge in [0.2, 0.25) is 0 Å². The fraction of sp³-hybridized carbons (Fsp3) is 0.278. The maximum absolute atomic E-state index is 12.8. The lowest BCUT2D eigenvalue weighted by molar-refractivity contribution is 0.0794. The number of carbonyl (C=O) groups is 1. The molecule has 2 nitrogen and oxygen atoms in total. The summed E-state index contributed by atoms with van der Waals surface area (Å²) < 4.78 is 1.18. The van der Waals surface area contributed by atoms with E-state index in [1.807, 2.05) is 12.1 Å². The van der Waals surface area contributed by atoms with Crippen LogP contribution in [0, 0.1) is 0 Å². The highest BCUT2D eigenvalue weighted by Gasteiger charge is 2.21. The van der Waals surface area contributed by atoms with Gasteiger partial charge in [0, 0.05) is 17.8 Å². The molecule has 0 saturated carbocycles. The molecule has 0 fully saturated rings. The second kappa shape index (κ2) is 7.23. The minimum atomic E-state index is 0.0828. The number of benzene rings is 1. The van der Waals surface area contributed by atoms with Crippen molar-refractivity contribution in [2.45, 2.75) is 19.8 Å². The average Bonchev–Trinajstić information content (AvgIpc) is 2.86. The van der Waals surface area contributed by atoms with Gasteiger partial charge in [0.1, 0.15) is 0 Å². The maximum atomic E-state index is 12.8. The number of aryl methyl sites for hydroxylation is 1. The Kier molecular flexibility index (Phi) is 5.34. The highest BCUT2D eigenvalue weighted by molar-refractivity contribution is 7.21.